The zero-order chi connectivity index (χ0) is 14.2. The fourth-order valence-corrected chi connectivity index (χ4v) is 3.43. The second-order valence-corrected chi connectivity index (χ2v) is 5.34. The number of nitrogens with zero attached hydrogens (tertiary/aromatic N) is 1. The highest BCUT2D eigenvalue weighted by atomic mass is 35.5. The molecule has 0 aliphatic heterocycles. The van der Waals surface area contributed by atoms with Gasteiger partial charge in [0, 0.05) is 5.39 Å². The van der Waals surface area contributed by atoms with Gasteiger partial charge in [0.2, 0.25) is 0 Å². The van der Waals surface area contributed by atoms with Crippen LogP contribution in [0.25, 0.3) is 10.1 Å². The normalized spacial score (nSPS) is 11.3. The van der Waals surface area contributed by atoms with Crippen LogP contribution in [-0.2, 0) is 0 Å². The molecule has 0 radical (unpaired) electrons. The van der Waals surface area contributed by atoms with Gasteiger partial charge in [-0.25, -0.2) is 0 Å². The highest BCUT2D eigenvalue weighted by molar-refractivity contribution is 7.21. The summed E-state index contributed by atoms with van der Waals surface area (Å²) in [5, 5.41) is 13.1. The Hall–Kier alpha value is -1.08. The van der Waals surface area contributed by atoms with Gasteiger partial charge in [0.25, 0.3) is 0 Å². The van der Waals surface area contributed by atoms with Crippen LogP contribution in [0.4, 0.5) is 0 Å². The molecule has 0 amide bonds. The molecule has 0 bridgehead atoms. The summed E-state index contributed by atoms with van der Waals surface area (Å²) < 4.78 is 11.1. The SMILES string of the molecule is COc1c(OC)c(Cl)c2sc(/C(N)=N\O)cc2c1Cl.Cl. The van der Waals surface area contributed by atoms with Gasteiger partial charge in [-0.2, -0.15) is 0 Å². The molecule has 0 atom stereocenters. The van der Waals surface area contributed by atoms with E-state index >= 15 is 0 Å². The first-order valence-corrected chi connectivity index (χ1v) is 6.62. The number of methoxy groups -OCH3 is 2. The van der Waals surface area contributed by atoms with Crippen LogP contribution < -0.4 is 15.2 Å². The van der Waals surface area contributed by atoms with E-state index in [1.807, 2.05) is 0 Å². The maximum atomic E-state index is 8.71. The molecule has 0 aliphatic rings. The van der Waals surface area contributed by atoms with Gasteiger partial charge in [-0.3, -0.25) is 0 Å². The van der Waals surface area contributed by atoms with E-state index in [1.54, 1.807) is 6.07 Å². The number of oxime groups is 1. The van der Waals surface area contributed by atoms with Gasteiger partial charge in [-0.05, 0) is 6.07 Å². The third kappa shape index (κ3) is 2.56. The highest BCUT2D eigenvalue weighted by Gasteiger charge is 2.22. The van der Waals surface area contributed by atoms with Gasteiger partial charge in [-0.1, -0.05) is 28.4 Å². The van der Waals surface area contributed by atoms with E-state index in [4.69, 9.17) is 43.6 Å². The van der Waals surface area contributed by atoms with Crippen molar-refractivity contribution < 1.29 is 14.7 Å². The smallest absolute Gasteiger partial charge is 0.182 e. The van der Waals surface area contributed by atoms with Crippen molar-refractivity contribution in [3.8, 4) is 11.5 Å². The van der Waals surface area contributed by atoms with E-state index in [0.29, 0.717) is 36.5 Å². The van der Waals surface area contributed by atoms with Crippen LogP contribution in [0.1, 0.15) is 4.88 Å². The van der Waals surface area contributed by atoms with Crippen molar-refractivity contribution in [2.45, 2.75) is 0 Å². The minimum atomic E-state index is -0.00809. The number of fused-ring (bicyclic) bond motifs is 1. The minimum Gasteiger partial charge on any atom is -0.491 e. The van der Waals surface area contributed by atoms with Gasteiger partial charge in [-0.15, -0.1) is 23.7 Å². The van der Waals surface area contributed by atoms with E-state index in [0.717, 1.165) is 0 Å². The standard InChI is InChI=1S/C11H10Cl2N2O3S.ClH/c1-17-8-6(12)4-3-5(11(14)15-16)19-10(4)7(13)9(8)18-2;/h3,16H,1-2H3,(H2,14,15);1H. The molecule has 1 heterocycles. The summed E-state index contributed by atoms with van der Waals surface area (Å²) in [7, 11) is 2.95. The number of rotatable bonds is 3. The van der Waals surface area contributed by atoms with Crippen LogP contribution in [0.3, 0.4) is 0 Å². The first-order chi connectivity index (χ1) is 9.04. The molecule has 0 spiro atoms. The predicted octanol–water partition coefficient (Wildman–Crippen LogP) is 3.74. The maximum absolute atomic E-state index is 8.71. The number of ether oxygens (including phenoxy) is 2. The van der Waals surface area contributed by atoms with Crippen LogP contribution in [0.15, 0.2) is 11.2 Å². The molecule has 2 rings (SSSR count). The molecule has 2 aromatic rings. The van der Waals surface area contributed by atoms with Gasteiger partial charge in [0.15, 0.2) is 17.3 Å². The second kappa shape index (κ2) is 6.58. The number of nitrogens with two attached hydrogens (primary N) is 1. The van der Waals surface area contributed by atoms with Crippen molar-refractivity contribution in [3.05, 3.63) is 21.0 Å². The molecule has 0 fully saturated rings. The third-order valence-corrected chi connectivity index (χ3v) is 4.56. The number of halogens is 3. The van der Waals surface area contributed by atoms with Gasteiger partial charge in [0.1, 0.15) is 5.02 Å². The Morgan fingerprint density at radius 2 is 1.80 bits per heavy atom. The quantitative estimate of drug-likeness (QED) is 0.380. The number of benzene rings is 1. The van der Waals surface area contributed by atoms with Crippen LogP contribution in [0, 0.1) is 0 Å². The first kappa shape index (κ1) is 17.0. The van der Waals surface area contributed by atoms with Crippen molar-refractivity contribution in [2.75, 3.05) is 14.2 Å². The first-order valence-electron chi connectivity index (χ1n) is 5.05. The molecule has 9 heteroatoms. The summed E-state index contributed by atoms with van der Waals surface area (Å²) in [4.78, 5) is 0.552. The minimum absolute atomic E-state index is 0. The van der Waals surface area contributed by atoms with E-state index < -0.39 is 0 Å². The lowest BCUT2D eigenvalue weighted by Crippen LogP contribution is -2.10. The largest absolute Gasteiger partial charge is 0.491 e. The third-order valence-electron chi connectivity index (χ3n) is 2.54. The summed E-state index contributed by atoms with van der Waals surface area (Å²) in [6, 6.07) is 1.69. The summed E-state index contributed by atoms with van der Waals surface area (Å²) in [6.45, 7) is 0. The number of hydrogen-bond acceptors (Lipinski definition) is 5. The van der Waals surface area contributed by atoms with Crippen molar-refractivity contribution >= 4 is 62.9 Å². The zero-order valence-corrected chi connectivity index (χ0v) is 13.6. The average molecular weight is 358 g/mol. The zero-order valence-electron chi connectivity index (χ0n) is 10.4. The van der Waals surface area contributed by atoms with Gasteiger partial charge in [0.05, 0.1) is 28.8 Å². The fourth-order valence-electron chi connectivity index (χ4n) is 1.68. The van der Waals surface area contributed by atoms with Crippen molar-refractivity contribution in [2.24, 2.45) is 10.9 Å². The summed E-state index contributed by atoms with van der Waals surface area (Å²) in [6.07, 6.45) is 0. The molecular formula is C11H11Cl3N2O3S. The van der Waals surface area contributed by atoms with E-state index in [1.165, 1.54) is 25.6 Å². The Labute approximate surface area is 135 Å². The monoisotopic (exact) mass is 356 g/mol. The molecular weight excluding hydrogens is 347 g/mol. The van der Waals surface area contributed by atoms with E-state index in [-0.39, 0.29) is 18.2 Å². The summed E-state index contributed by atoms with van der Waals surface area (Å²) >= 11 is 13.8. The van der Waals surface area contributed by atoms with Gasteiger partial charge < -0.3 is 20.4 Å². The van der Waals surface area contributed by atoms with Crippen LogP contribution in [-0.4, -0.2) is 25.3 Å². The lowest BCUT2D eigenvalue weighted by Gasteiger charge is -2.11. The van der Waals surface area contributed by atoms with E-state index in [9.17, 15) is 0 Å². The second-order valence-electron chi connectivity index (χ2n) is 3.53. The van der Waals surface area contributed by atoms with Crippen molar-refractivity contribution in [1.82, 2.24) is 0 Å². The fraction of sp³-hybridized carbons (Fsp3) is 0.182. The molecule has 5 nitrogen and oxygen atoms in total. The number of thiophene rings is 1. The Morgan fingerprint density at radius 1 is 1.25 bits per heavy atom. The molecule has 1 aromatic carbocycles. The topological polar surface area (TPSA) is 77.1 Å². The Kier molecular flexibility index (Phi) is 5.59. The summed E-state index contributed by atoms with van der Waals surface area (Å²) in [5.74, 6) is 0.700. The maximum Gasteiger partial charge on any atom is 0.182 e. The Morgan fingerprint density at radius 3 is 2.30 bits per heavy atom. The van der Waals surface area contributed by atoms with Crippen molar-refractivity contribution in [3.63, 3.8) is 0 Å². The lowest BCUT2D eigenvalue weighted by atomic mass is 10.2. The van der Waals surface area contributed by atoms with Crippen molar-refractivity contribution in [1.29, 1.82) is 0 Å². The summed E-state index contributed by atoms with van der Waals surface area (Å²) in [5.41, 5.74) is 5.56. The molecule has 3 N–H and O–H groups in total. The van der Waals surface area contributed by atoms with E-state index in [2.05, 4.69) is 5.16 Å². The molecule has 0 saturated carbocycles. The van der Waals surface area contributed by atoms with Crippen LogP contribution in [0.2, 0.25) is 10.0 Å². The number of hydrogen-bond donors (Lipinski definition) is 2. The van der Waals surface area contributed by atoms with Crippen LogP contribution >= 0.6 is 46.9 Å². The molecule has 20 heavy (non-hydrogen) atoms. The van der Waals surface area contributed by atoms with Gasteiger partial charge >= 0.3 is 0 Å². The molecule has 0 aliphatic carbocycles. The van der Waals surface area contributed by atoms with Crippen LogP contribution in [0.5, 0.6) is 11.5 Å². The lowest BCUT2D eigenvalue weighted by molar-refractivity contribution is 0.319. The Bertz CT molecular complexity index is 626. The Balaban J connectivity index is 0.00000200. The number of amidine groups is 1. The predicted molar refractivity (Wildman–Crippen MR) is 84.7 cm³/mol. The average Bonchev–Trinajstić information content (AvgIpc) is 2.87. The molecule has 110 valence electrons. The molecule has 1 aromatic heterocycles. The molecule has 0 saturated heterocycles. The molecule has 0 unspecified atom stereocenters. The highest BCUT2D eigenvalue weighted by Crippen LogP contribution is 2.49.